The topological polar surface area (TPSA) is 57.0 Å². The van der Waals surface area contributed by atoms with Crippen molar-refractivity contribution < 1.29 is 14.2 Å². The van der Waals surface area contributed by atoms with E-state index in [0.717, 1.165) is 64.1 Å². The number of hydrogen-bond donors (Lipinski definition) is 1. The lowest BCUT2D eigenvalue weighted by atomic mass is 10.0. The van der Waals surface area contributed by atoms with E-state index in [1.165, 1.54) is 12.8 Å². The van der Waals surface area contributed by atoms with Crippen molar-refractivity contribution in [1.29, 1.82) is 0 Å². The zero-order valence-electron chi connectivity index (χ0n) is 17.6. The van der Waals surface area contributed by atoms with Crippen LogP contribution < -0.4 is 14.8 Å². The molecule has 0 saturated heterocycles. The Morgan fingerprint density at radius 2 is 1.83 bits per heavy atom. The highest BCUT2D eigenvalue weighted by Gasteiger charge is 2.24. The number of rotatable bonds is 9. The second kappa shape index (κ2) is 8.33. The molecule has 1 aromatic carbocycles. The van der Waals surface area contributed by atoms with Gasteiger partial charge in [-0.3, -0.25) is 0 Å². The maximum absolute atomic E-state index is 5.74. The maximum atomic E-state index is 5.74. The lowest BCUT2D eigenvalue weighted by molar-refractivity contribution is 0.184. The van der Waals surface area contributed by atoms with Crippen LogP contribution in [0, 0.1) is 5.92 Å². The summed E-state index contributed by atoms with van der Waals surface area (Å²) in [5, 5.41) is 8.58. The summed E-state index contributed by atoms with van der Waals surface area (Å²) in [4.78, 5) is 0. The molecule has 2 aromatic heterocycles. The summed E-state index contributed by atoms with van der Waals surface area (Å²) >= 11 is 0. The fourth-order valence-corrected chi connectivity index (χ4v) is 3.78. The molecule has 6 nitrogen and oxygen atoms in total. The van der Waals surface area contributed by atoms with Crippen molar-refractivity contribution >= 4 is 11.2 Å². The highest BCUT2D eigenvalue weighted by molar-refractivity contribution is 5.82. The van der Waals surface area contributed by atoms with Crippen LogP contribution in [0.4, 0.5) is 5.69 Å². The second-order valence-electron chi connectivity index (χ2n) is 7.52. The van der Waals surface area contributed by atoms with E-state index in [2.05, 4.69) is 30.4 Å². The molecule has 154 valence electrons. The normalized spacial score (nSPS) is 13.7. The van der Waals surface area contributed by atoms with Gasteiger partial charge in [0.25, 0.3) is 0 Å². The Labute approximate surface area is 171 Å². The van der Waals surface area contributed by atoms with Crippen LogP contribution in [-0.4, -0.2) is 37.5 Å². The minimum absolute atomic E-state index is 0.494. The van der Waals surface area contributed by atoms with Crippen molar-refractivity contribution in [3.63, 3.8) is 0 Å². The molecule has 0 atom stereocenters. The van der Waals surface area contributed by atoms with Gasteiger partial charge in [-0.2, -0.15) is 5.10 Å². The summed E-state index contributed by atoms with van der Waals surface area (Å²) < 4.78 is 18.8. The SMILES string of the molecule is CCc1nn2c(-c3c(OC)cc(COC)cc3OC)cccc2c1NCC1CC1. The van der Waals surface area contributed by atoms with Gasteiger partial charge in [-0.15, -0.1) is 0 Å². The van der Waals surface area contributed by atoms with Crippen molar-refractivity contribution in [3.05, 3.63) is 41.6 Å². The van der Waals surface area contributed by atoms with Crippen molar-refractivity contribution in [2.75, 3.05) is 33.2 Å². The third-order valence-electron chi connectivity index (χ3n) is 5.46. The Morgan fingerprint density at radius 1 is 1.10 bits per heavy atom. The van der Waals surface area contributed by atoms with Crippen LogP contribution in [0.25, 0.3) is 16.8 Å². The summed E-state index contributed by atoms with van der Waals surface area (Å²) in [6.07, 6.45) is 3.51. The summed E-state index contributed by atoms with van der Waals surface area (Å²) in [5.74, 6) is 2.28. The fraction of sp³-hybridized carbons (Fsp3) is 0.435. The molecule has 2 heterocycles. The van der Waals surface area contributed by atoms with E-state index in [0.29, 0.717) is 6.61 Å². The van der Waals surface area contributed by atoms with Gasteiger partial charge in [-0.25, -0.2) is 4.52 Å². The van der Waals surface area contributed by atoms with Gasteiger partial charge in [0, 0.05) is 13.7 Å². The second-order valence-corrected chi connectivity index (χ2v) is 7.52. The minimum atomic E-state index is 0.494. The average molecular weight is 396 g/mol. The molecule has 1 fully saturated rings. The molecule has 1 N–H and O–H groups in total. The molecule has 1 saturated carbocycles. The molecule has 29 heavy (non-hydrogen) atoms. The summed E-state index contributed by atoms with van der Waals surface area (Å²) in [7, 11) is 5.04. The standard InChI is InChI=1S/C23H29N3O3/c1-5-17-23(24-13-15-9-10-15)19-8-6-7-18(26(19)25-17)22-20(28-3)11-16(14-27-2)12-21(22)29-4/h6-8,11-12,15,24H,5,9-10,13-14H2,1-4H3. The molecule has 4 rings (SSSR count). The molecule has 6 heteroatoms. The number of fused-ring (bicyclic) bond motifs is 1. The van der Waals surface area contributed by atoms with Crippen LogP contribution in [0.3, 0.4) is 0 Å². The van der Waals surface area contributed by atoms with Crippen LogP contribution in [0.1, 0.15) is 31.0 Å². The maximum Gasteiger partial charge on any atom is 0.132 e. The fourth-order valence-electron chi connectivity index (χ4n) is 3.78. The Balaban J connectivity index is 1.87. The van der Waals surface area contributed by atoms with Gasteiger partial charge in [-0.05, 0) is 55.0 Å². The molecular weight excluding hydrogens is 366 g/mol. The van der Waals surface area contributed by atoms with Gasteiger partial charge in [0.15, 0.2) is 0 Å². The molecule has 0 unspecified atom stereocenters. The largest absolute Gasteiger partial charge is 0.496 e. The minimum Gasteiger partial charge on any atom is -0.496 e. The third kappa shape index (κ3) is 3.77. The molecule has 0 bridgehead atoms. The molecule has 1 aliphatic carbocycles. The van der Waals surface area contributed by atoms with E-state index in [1.54, 1.807) is 21.3 Å². The molecule has 0 spiro atoms. The lowest BCUT2D eigenvalue weighted by Gasteiger charge is -2.16. The number of hydrogen-bond acceptors (Lipinski definition) is 5. The Hall–Kier alpha value is -2.73. The first-order chi connectivity index (χ1) is 14.2. The van der Waals surface area contributed by atoms with Gasteiger partial charge in [0.05, 0.1) is 49.0 Å². The van der Waals surface area contributed by atoms with E-state index in [4.69, 9.17) is 19.3 Å². The van der Waals surface area contributed by atoms with E-state index in [1.807, 2.05) is 16.6 Å². The van der Waals surface area contributed by atoms with Crippen molar-refractivity contribution in [1.82, 2.24) is 9.61 Å². The van der Waals surface area contributed by atoms with Crippen LogP contribution in [-0.2, 0) is 17.8 Å². The quantitative estimate of drug-likeness (QED) is 0.576. The predicted molar refractivity (Wildman–Crippen MR) is 115 cm³/mol. The van der Waals surface area contributed by atoms with Crippen molar-refractivity contribution in [2.24, 2.45) is 5.92 Å². The smallest absolute Gasteiger partial charge is 0.132 e. The van der Waals surface area contributed by atoms with E-state index < -0.39 is 0 Å². The van der Waals surface area contributed by atoms with E-state index >= 15 is 0 Å². The number of benzene rings is 1. The molecule has 0 radical (unpaired) electrons. The summed E-state index contributed by atoms with van der Waals surface area (Å²) in [6.45, 7) is 3.65. The van der Waals surface area contributed by atoms with E-state index in [9.17, 15) is 0 Å². The average Bonchev–Trinajstić information content (AvgIpc) is 3.50. The number of pyridine rings is 1. The Morgan fingerprint density at radius 3 is 2.41 bits per heavy atom. The zero-order chi connectivity index (χ0) is 20.4. The first kappa shape index (κ1) is 19.6. The molecular formula is C23H29N3O3. The van der Waals surface area contributed by atoms with Crippen LogP contribution in [0.2, 0.25) is 0 Å². The number of aryl methyl sites for hydroxylation is 1. The van der Waals surface area contributed by atoms with Gasteiger partial charge >= 0.3 is 0 Å². The van der Waals surface area contributed by atoms with Crippen LogP contribution >= 0.6 is 0 Å². The lowest BCUT2D eigenvalue weighted by Crippen LogP contribution is -2.04. The molecule has 0 amide bonds. The molecule has 0 aliphatic heterocycles. The van der Waals surface area contributed by atoms with Gasteiger partial charge in [0.2, 0.25) is 0 Å². The first-order valence-corrected chi connectivity index (χ1v) is 10.2. The Kier molecular flexibility index (Phi) is 5.62. The highest BCUT2D eigenvalue weighted by Crippen LogP contribution is 2.41. The third-order valence-corrected chi connectivity index (χ3v) is 5.46. The first-order valence-electron chi connectivity index (χ1n) is 10.2. The number of nitrogens with zero attached hydrogens (tertiary/aromatic N) is 2. The van der Waals surface area contributed by atoms with E-state index in [-0.39, 0.29) is 0 Å². The number of ether oxygens (including phenoxy) is 3. The monoisotopic (exact) mass is 395 g/mol. The number of methoxy groups -OCH3 is 3. The number of anilines is 1. The highest BCUT2D eigenvalue weighted by atomic mass is 16.5. The molecule has 1 aliphatic rings. The van der Waals surface area contributed by atoms with Crippen molar-refractivity contribution in [3.8, 4) is 22.8 Å². The van der Waals surface area contributed by atoms with Gasteiger partial charge < -0.3 is 19.5 Å². The predicted octanol–water partition coefficient (Wildman–Crippen LogP) is 4.55. The zero-order valence-corrected chi connectivity index (χ0v) is 17.6. The van der Waals surface area contributed by atoms with Gasteiger partial charge in [0.1, 0.15) is 11.5 Å². The van der Waals surface area contributed by atoms with Crippen LogP contribution in [0.5, 0.6) is 11.5 Å². The summed E-state index contributed by atoms with van der Waals surface area (Å²) in [6, 6.07) is 10.2. The van der Waals surface area contributed by atoms with Crippen LogP contribution in [0.15, 0.2) is 30.3 Å². The summed E-state index contributed by atoms with van der Waals surface area (Å²) in [5.41, 5.74) is 6.11. The Bertz CT molecular complexity index is 983. The molecule has 3 aromatic rings. The van der Waals surface area contributed by atoms with Crippen molar-refractivity contribution in [2.45, 2.75) is 32.8 Å². The number of aromatic nitrogens is 2. The number of nitrogens with one attached hydrogen (secondary N) is 1. The van der Waals surface area contributed by atoms with Gasteiger partial charge in [-0.1, -0.05) is 13.0 Å².